The Morgan fingerprint density at radius 2 is 1.28 bits per heavy atom. The fourth-order valence-corrected chi connectivity index (χ4v) is 8.69. The lowest BCUT2D eigenvalue weighted by Crippen LogP contribution is -2.62. The molecule has 0 fully saturated rings. The van der Waals surface area contributed by atoms with Crippen LogP contribution in [0.4, 0.5) is 0 Å². The highest BCUT2D eigenvalue weighted by molar-refractivity contribution is 7.09. The summed E-state index contributed by atoms with van der Waals surface area (Å²) in [5, 5.41) is 8.50. The van der Waals surface area contributed by atoms with Crippen molar-refractivity contribution in [2.75, 3.05) is 35.3 Å². The van der Waals surface area contributed by atoms with Gasteiger partial charge in [0.2, 0.25) is 35.4 Å². The van der Waals surface area contributed by atoms with E-state index >= 15 is 0 Å². The lowest BCUT2D eigenvalue weighted by atomic mass is 9.93. The van der Waals surface area contributed by atoms with Crippen LogP contribution in [0, 0.1) is 17.8 Å². The second-order valence-electron chi connectivity index (χ2n) is 17.6. The third kappa shape index (κ3) is 15.0. The summed E-state index contributed by atoms with van der Waals surface area (Å²) in [6.45, 7) is 13.4. The molecule has 1 aromatic heterocycles. The average molecular weight is 904 g/mol. The van der Waals surface area contributed by atoms with E-state index in [2.05, 4.69) is 15.6 Å². The van der Waals surface area contributed by atoms with E-state index < -0.39 is 59.8 Å². The highest BCUT2D eigenvalue weighted by atomic mass is 32.1. The van der Waals surface area contributed by atoms with E-state index in [9.17, 15) is 28.8 Å². The van der Waals surface area contributed by atoms with Crippen molar-refractivity contribution in [3.05, 3.63) is 88.4 Å². The third-order valence-electron chi connectivity index (χ3n) is 12.0. The summed E-state index contributed by atoms with van der Waals surface area (Å²) in [6.07, 6.45) is 3.98. The van der Waals surface area contributed by atoms with Gasteiger partial charge in [-0.2, -0.15) is 0 Å². The largest absolute Gasteiger partial charge is 0.381 e. The van der Waals surface area contributed by atoms with Gasteiger partial charge in [0, 0.05) is 59.7 Å². The fraction of sp³-hybridized carbons (Fsp3) is 0.571. The average Bonchev–Trinajstić information content (AvgIpc) is 3.79. The van der Waals surface area contributed by atoms with Gasteiger partial charge in [-0.25, -0.2) is 4.98 Å². The van der Waals surface area contributed by atoms with Crippen molar-refractivity contribution in [2.45, 2.75) is 130 Å². The van der Waals surface area contributed by atoms with Crippen molar-refractivity contribution in [2.24, 2.45) is 17.8 Å². The molecule has 64 heavy (non-hydrogen) atoms. The van der Waals surface area contributed by atoms with E-state index in [4.69, 9.17) is 4.74 Å². The van der Waals surface area contributed by atoms with E-state index in [1.54, 1.807) is 46.4 Å². The molecule has 0 aliphatic heterocycles. The maximum Gasteiger partial charge on any atom is 0.246 e. The molecule has 0 saturated heterocycles. The van der Waals surface area contributed by atoms with Crippen LogP contribution in [0.5, 0.6) is 0 Å². The Hall–Kier alpha value is -5.15. The van der Waals surface area contributed by atoms with Gasteiger partial charge in [-0.3, -0.25) is 28.8 Å². The molecule has 2 N–H and O–H groups in total. The smallest absolute Gasteiger partial charge is 0.246 e. The first-order chi connectivity index (χ1) is 30.4. The van der Waals surface area contributed by atoms with E-state index in [1.807, 2.05) is 115 Å². The summed E-state index contributed by atoms with van der Waals surface area (Å²) in [7, 11) is 7.97. The highest BCUT2D eigenvalue weighted by Gasteiger charge is 2.42. The molecule has 6 amide bonds. The minimum absolute atomic E-state index is 0.0801. The van der Waals surface area contributed by atoms with Crippen LogP contribution in [-0.4, -0.2) is 132 Å². The second-order valence-corrected chi connectivity index (χ2v) is 18.6. The van der Waals surface area contributed by atoms with Gasteiger partial charge >= 0.3 is 0 Å². The van der Waals surface area contributed by atoms with Crippen LogP contribution in [-0.2, 0) is 52.9 Å². The van der Waals surface area contributed by atoms with Crippen LogP contribution in [0.25, 0.3) is 0 Å². The van der Waals surface area contributed by atoms with Crippen molar-refractivity contribution in [3.8, 4) is 0 Å². The maximum atomic E-state index is 14.8. The number of ether oxygens (including phenoxy) is 1. The molecule has 0 radical (unpaired) electrons. The number of thiazole rings is 1. The monoisotopic (exact) mass is 904 g/mol. The van der Waals surface area contributed by atoms with E-state index in [-0.39, 0.29) is 55.6 Å². The minimum atomic E-state index is -1.07. The summed E-state index contributed by atoms with van der Waals surface area (Å²) in [5.41, 5.74) is 1.71. The quantitative estimate of drug-likeness (QED) is 0.111. The van der Waals surface area contributed by atoms with Crippen LogP contribution >= 0.6 is 11.3 Å². The van der Waals surface area contributed by atoms with Gasteiger partial charge in [0.15, 0.2) is 0 Å². The maximum absolute atomic E-state index is 14.8. The van der Waals surface area contributed by atoms with Crippen molar-refractivity contribution in [3.63, 3.8) is 0 Å². The summed E-state index contributed by atoms with van der Waals surface area (Å²) in [6, 6.07) is 13.9. The molecular formula is C49H73N7O7S. The van der Waals surface area contributed by atoms with Gasteiger partial charge in [-0.05, 0) is 35.3 Å². The zero-order valence-corrected chi connectivity index (χ0v) is 40.9. The molecule has 3 rings (SSSR count). The molecule has 2 aromatic carbocycles. The third-order valence-corrected chi connectivity index (χ3v) is 12.7. The van der Waals surface area contributed by atoms with Crippen LogP contribution in [0.3, 0.4) is 0 Å². The summed E-state index contributed by atoms with van der Waals surface area (Å²) >= 11 is 1.44. The number of aromatic nitrogens is 1. The number of hydrogen-bond donors (Lipinski definition) is 2. The van der Waals surface area contributed by atoms with Crippen LogP contribution in [0.1, 0.15) is 90.3 Å². The first-order valence-electron chi connectivity index (χ1n) is 22.5. The van der Waals surface area contributed by atoms with E-state index in [1.165, 1.54) is 26.0 Å². The molecule has 1 heterocycles. The van der Waals surface area contributed by atoms with Crippen LogP contribution in [0.15, 0.2) is 72.2 Å². The Morgan fingerprint density at radius 3 is 1.78 bits per heavy atom. The van der Waals surface area contributed by atoms with Gasteiger partial charge in [-0.1, -0.05) is 122 Å². The predicted octanol–water partition coefficient (Wildman–Crippen LogP) is 5.60. The number of rotatable bonds is 25. The first-order valence-corrected chi connectivity index (χ1v) is 23.4. The molecule has 352 valence electrons. The van der Waals surface area contributed by atoms with Gasteiger partial charge in [-0.15, -0.1) is 11.3 Å². The number of likely N-dealkylation sites (N-methyl/N-ethyl adjacent to an activating group) is 4. The van der Waals surface area contributed by atoms with Crippen LogP contribution < -0.4 is 10.6 Å². The molecule has 15 heteroatoms. The van der Waals surface area contributed by atoms with Crippen molar-refractivity contribution >= 4 is 46.8 Å². The van der Waals surface area contributed by atoms with E-state index in [0.29, 0.717) is 12.8 Å². The Morgan fingerprint density at radius 1 is 0.703 bits per heavy atom. The topological polar surface area (TPSA) is 162 Å². The number of hydrogen-bond acceptors (Lipinski definition) is 9. The summed E-state index contributed by atoms with van der Waals surface area (Å²) in [5.74, 6) is -3.60. The lowest BCUT2D eigenvalue weighted by Gasteiger charge is -2.40. The number of carbonyl (C=O) groups is 6. The number of benzene rings is 2. The number of nitrogens with zero attached hydrogens (tertiary/aromatic N) is 5. The highest BCUT2D eigenvalue weighted by Crippen LogP contribution is 2.23. The normalized spacial score (nSPS) is 14.7. The molecule has 0 spiro atoms. The SMILES string of the molecule is CCC[C@H](CC(=O)N[C@@H](Cc1ccccc1)C(=O)N(C)[C@@H](C(=O)NC(C(=O)N(C)[C@H](C(=O)N(C)[C@@H](Cc1ccccc1)C(=O)N(C)Cc1nccs1)[C@@H](C)CC)C(C)C)C(C)C)OC. The van der Waals surface area contributed by atoms with Crippen molar-refractivity contribution in [1.29, 1.82) is 0 Å². The standard InChI is InChI=1S/C49H73N7O7S/c1-13-21-37(63-12)30-40(57)51-38(28-35-22-17-15-18-23-35)46(59)55(10)43(33(5)6)45(58)52-42(32(3)4)48(61)56(11)44(34(7)14-2)49(62)54(9)39(29-36-24-19-16-20-25-36)47(60)53(8)31-41-50-26-27-64-41/h15-20,22-27,32-34,37-39,42-44H,13-14,21,28-31H2,1-12H3,(H,51,57)(H,52,58)/t34-,37+,38-,39-,42?,43+,44-/m0/s1. The zero-order chi connectivity index (χ0) is 47.7. The number of amides is 6. The zero-order valence-electron chi connectivity index (χ0n) is 40.1. The van der Waals surface area contributed by atoms with E-state index in [0.717, 1.165) is 22.6 Å². The number of carbonyl (C=O) groups excluding carboxylic acids is 6. The molecular weight excluding hydrogens is 831 g/mol. The van der Waals surface area contributed by atoms with Gasteiger partial charge in [0.1, 0.15) is 35.2 Å². The second kappa shape index (κ2) is 26.0. The molecule has 3 aromatic rings. The Labute approximate surface area is 385 Å². The molecule has 0 bridgehead atoms. The Balaban J connectivity index is 1.91. The first kappa shape index (κ1) is 53.2. The molecule has 14 nitrogen and oxygen atoms in total. The molecule has 1 unspecified atom stereocenters. The summed E-state index contributed by atoms with van der Waals surface area (Å²) < 4.78 is 5.51. The molecule has 7 atom stereocenters. The van der Waals surface area contributed by atoms with Crippen molar-refractivity contribution < 1.29 is 33.5 Å². The van der Waals surface area contributed by atoms with Gasteiger partial charge < -0.3 is 35.0 Å². The fourth-order valence-electron chi connectivity index (χ4n) is 8.02. The molecule has 0 aliphatic carbocycles. The Kier molecular flexibility index (Phi) is 21.6. The van der Waals surface area contributed by atoms with Crippen molar-refractivity contribution in [1.82, 2.24) is 35.2 Å². The number of nitrogens with one attached hydrogen (secondary N) is 2. The number of methoxy groups -OCH3 is 1. The summed E-state index contributed by atoms with van der Waals surface area (Å²) in [4.78, 5) is 96.0. The minimum Gasteiger partial charge on any atom is -0.381 e. The van der Waals surface area contributed by atoms with Gasteiger partial charge in [0.05, 0.1) is 19.1 Å². The Bertz CT molecular complexity index is 1930. The molecule has 0 aliphatic rings. The lowest BCUT2D eigenvalue weighted by molar-refractivity contribution is -0.153. The predicted molar refractivity (Wildman–Crippen MR) is 252 cm³/mol. The van der Waals surface area contributed by atoms with Crippen LogP contribution in [0.2, 0.25) is 0 Å². The molecule has 0 saturated carbocycles. The van der Waals surface area contributed by atoms with Gasteiger partial charge in [0.25, 0.3) is 0 Å².